The predicted molar refractivity (Wildman–Crippen MR) is 64.4 cm³/mol. The molecule has 0 unspecified atom stereocenters. The van der Waals surface area contributed by atoms with Crippen molar-refractivity contribution >= 4 is 11.9 Å². The summed E-state index contributed by atoms with van der Waals surface area (Å²) in [6.07, 6.45) is 1.12. The average molecular weight is 254 g/mol. The van der Waals surface area contributed by atoms with Crippen LogP contribution < -0.4 is 0 Å². The highest BCUT2D eigenvalue weighted by molar-refractivity contribution is 5.96. The molecule has 1 aromatic heterocycles. The maximum atomic E-state index is 12.2. The van der Waals surface area contributed by atoms with Gasteiger partial charge in [-0.1, -0.05) is 12.1 Å². The molecular weight excluding hydrogens is 236 g/mol. The zero-order valence-electron chi connectivity index (χ0n) is 10.9. The largest absolute Gasteiger partial charge is 0.481 e. The fourth-order valence-corrected chi connectivity index (χ4v) is 1.69. The smallest absolute Gasteiger partial charge is 0.303 e. The summed E-state index contributed by atoms with van der Waals surface area (Å²) in [6.45, 7) is 4.00. The topological polar surface area (TPSA) is 83.6 Å². The fraction of sp³-hybridized carbons (Fsp3) is 0.583. The van der Waals surface area contributed by atoms with Gasteiger partial charge in [0, 0.05) is 20.0 Å². The second-order valence-electron chi connectivity index (χ2n) is 4.14. The Bertz CT molecular complexity index is 439. The minimum atomic E-state index is -0.855. The summed E-state index contributed by atoms with van der Waals surface area (Å²) < 4.78 is 5.01. The molecular formula is C12H18N2O4. The van der Waals surface area contributed by atoms with Gasteiger partial charge in [-0.3, -0.25) is 9.59 Å². The van der Waals surface area contributed by atoms with Gasteiger partial charge in [-0.25, -0.2) is 0 Å². The molecule has 0 aliphatic rings. The molecule has 1 heterocycles. The van der Waals surface area contributed by atoms with Gasteiger partial charge in [0.2, 0.25) is 0 Å². The lowest BCUT2D eigenvalue weighted by Crippen LogP contribution is -2.29. The molecule has 0 bridgehead atoms. The highest BCUT2D eigenvalue weighted by atomic mass is 16.5. The van der Waals surface area contributed by atoms with Crippen LogP contribution in [-0.2, 0) is 11.2 Å². The van der Waals surface area contributed by atoms with Crippen molar-refractivity contribution in [3.63, 3.8) is 0 Å². The lowest BCUT2D eigenvalue weighted by Gasteiger charge is -2.16. The summed E-state index contributed by atoms with van der Waals surface area (Å²) in [4.78, 5) is 24.1. The van der Waals surface area contributed by atoms with E-state index in [2.05, 4.69) is 5.16 Å². The van der Waals surface area contributed by atoms with E-state index in [1.807, 2.05) is 6.92 Å². The number of carboxylic acids is 1. The van der Waals surface area contributed by atoms with Crippen molar-refractivity contribution in [2.45, 2.75) is 33.1 Å². The molecule has 0 radical (unpaired) electrons. The maximum Gasteiger partial charge on any atom is 0.303 e. The average Bonchev–Trinajstić information content (AvgIpc) is 2.68. The first kappa shape index (κ1) is 14.2. The molecule has 18 heavy (non-hydrogen) atoms. The number of rotatable bonds is 6. The number of aromatic nitrogens is 1. The van der Waals surface area contributed by atoms with Crippen molar-refractivity contribution in [2.75, 3.05) is 13.6 Å². The monoisotopic (exact) mass is 254 g/mol. The number of hydrogen-bond acceptors (Lipinski definition) is 4. The molecule has 0 atom stereocenters. The Morgan fingerprint density at radius 2 is 2.11 bits per heavy atom. The summed E-state index contributed by atoms with van der Waals surface area (Å²) >= 11 is 0. The number of carboxylic acid groups (broad SMARTS) is 1. The van der Waals surface area contributed by atoms with E-state index in [-0.39, 0.29) is 12.3 Å². The van der Waals surface area contributed by atoms with Crippen LogP contribution in [0.5, 0.6) is 0 Å². The molecule has 6 nitrogen and oxygen atoms in total. The molecule has 1 aromatic rings. The Labute approximate surface area is 106 Å². The third kappa shape index (κ3) is 3.32. The first-order valence-corrected chi connectivity index (χ1v) is 5.89. The Hall–Kier alpha value is -1.85. The summed E-state index contributed by atoms with van der Waals surface area (Å²) in [5, 5.41) is 12.4. The van der Waals surface area contributed by atoms with Crippen LogP contribution in [0.4, 0.5) is 0 Å². The van der Waals surface area contributed by atoms with Crippen molar-refractivity contribution < 1.29 is 19.2 Å². The quantitative estimate of drug-likeness (QED) is 0.831. The predicted octanol–water partition coefficient (Wildman–Crippen LogP) is 1.48. The number of hydrogen-bond donors (Lipinski definition) is 1. The third-order valence-electron chi connectivity index (χ3n) is 2.71. The van der Waals surface area contributed by atoms with Crippen LogP contribution in [0.3, 0.4) is 0 Å². The van der Waals surface area contributed by atoms with Crippen molar-refractivity contribution in [1.29, 1.82) is 0 Å². The highest BCUT2D eigenvalue weighted by Gasteiger charge is 2.22. The van der Waals surface area contributed by atoms with Gasteiger partial charge >= 0.3 is 5.97 Å². The van der Waals surface area contributed by atoms with Crippen LogP contribution in [0.1, 0.15) is 41.6 Å². The summed E-state index contributed by atoms with van der Waals surface area (Å²) in [5.74, 6) is -0.524. The van der Waals surface area contributed by atoms with Crippen molar-refractivity contribution in [3.05, 3.63) is 17.0 Å². The maximum absolute atomic E-state index is 12.2. The highest BCUT2D eigenvalue weighted by Crippen LogP contribution is 2.16. The summed E-state index contributed by atoms with van der Waals surface area (Å²) in [5.41, 5.74) is 1.14. The van der Waals surface area contributed by atoms with Crippen molar-refractivity contribution in [3.8, 4) is 0 Å². The second kappa shape index (κ2) is 6.18. The van der Waals surface area contributed by atoms with Gasteiger partial charge in [0.05, 0.1) is 5.69 Å². The number of aliphatic carboxylic acids is 1. The van der Waals surface area contributed by atoms with Gasteiger partial charge in [-0.05, 0) is 19.8 Å². The Morgan fingerprint density at radius 1 is 1.44 bits per heavy atom. The minimum Gasteiger partial charge on any atom is -0.481 e. The van der Waals surface area contributed by atoms with Gasteiger partial charge in [-0.15, -0.1) is 0 Å². The summed E-state index contributed by atoms with van der Waals surface area (Å²) in [7, 11) is 1.65. The van der Waals surface area contributed by atoms with Crippen LogP contribution in [0, 0.1) is 6.92 Å². The van der Waals surface area contributed by atoms with E-state index in [0.717, 1.165) is 0 Å². The van der Waals surface area contributed by atoms with E-state index in [1.165, 1.54) is 4.90 Å². The fourth-order valence-electron chi connectivity index (χ4n) is 1.69. The van der Waals surface area contributed by atoms with Crippen molar-refractivity contribution in [1.82, 2.24) is 10.1 Å². The van der Waals surface area contributed by atoms with E-state index >= 15 is 0 Å². The first-order chi connectivity index (χ1) is 8.47. The van der Waals surface area contributed by atoms with E-state index in [4.69, 9.17) is 9.63 Å². The SMILES string of the molecule is CCc1noc(C)c1C(=O)N(C)CCCC(=O)O. The van der Waals surface area contributed by atoms with Gasteiger partial charge in [-0.2, -0.15) is 0 Å². The van der Waals surface area contributed by atoms with E-state index in [9.17, 15) is 9.59 Å². The Balaban J connectivity index is 2.68. The van der Waals surface area contributed by atoms with Gasteiger partial charge < -0.3 is 14.5 Å². The number of carbonyl (C=O) groups is 2. The molecule has 1 amide bonds. The number of amides is 1. The molecule has 0 spiro atoms. The molecule has 0 aromatic carbocycles. The van der Waals surface area contributed by atoms with Crippen LogP contribution in [0.25, 0.3) is 0 Å². The molecule has 100 valence electrons. The van der Waals surface area contributed by atoms with Gasteiger partial charge in [0.25, 0.3) is 5.91 Å². The first-order valence-electron chi connectivity index (χ1n) is 5.89. The van der Waals surface area contributed by atoms with Crippen molar-refractivity contribution in [2.24, 2.45) is 0 Å². The molecule has 0 aliphatic heterocycles. The number of nitrogens with zero attached hydrogens (tertiary/aromatic N) is 2. The van der Waals surface area contributed by atoms with Crippen LogP contribution in [0.15, 0.2) is 4.52 Å². The zero-order chi connectivity index (χ0) is 13.7. The van der Waals surface area contributed by atoms with E-state index in [1.54, 1.807) is 14.0 Å². The third-order valence-corrected chi connectivity index (χ3v) is 2.71. The molecule has 1 N–H and O–H groups in total. The zero-order valence-corrected chi connectivity index (χ0v) is 10.9. The second-order valence-corrected chi connectivity index (χ2v) is 4.14. The Morgan fingerprint density at radius 3 is 2.67 bits per heavy atom. The molecule has 0 saturated carbocycles. The molecule has 1 rings (SSSR count). The molecule has 6 heteroatoms. The minimum absolute atomic E-state index is 0.0564. The number of aryl methyl sites for hydroxylation is 2. The lowest BCUT2D eigenvalue weighted by molar-refractivity contribution is -0.137. The molecule has 0 fully saturated rings. The summed E-state index contributed by atoms with van der Waals surface area (Å²) in [6, 6.07) is 0. The van der Waals surface area contributed by atoms with Crippen LogP contribution in [-0.4, -0.2) is 40.6 Å². The van der Waals surface area contributed by atoms with Gasteiger partial charge in [0.1, 0.15) is 11.3 Å². The normalized spacial score (nSPS) is 10.4. The van der Waals surface area contributed by atoms with Gasteiger partial charge in [0.15, 0.2) is 0 Å². The Kier molecular flexibility index (Phi) is 4.88. The molecule has 0 saturated heterocycles. The number of carbonyl (C=O) groups excluding carboxylic acids is 1. The van der Waals surface area contributed by atoms with E-state index in [0.29, 0.717) is 36.4 Å². The molecule has 0 aliphatic carbocycles. The van der Waals surface area contributed by atoms with Crippen LogP contribution >= 0.6 is 0 Å². The standard InChI is InChI=1S/C12H18N2O4/c1-4-9-11(8(2)18-13-9)12(17)14(3)7-5-6-10(15)16/h4-7H2,1-3H3,(H,15,16). The van der Waals surface area contributed by atoms with E-state index < -0.39 is 5.97 Å². The van der Waals surface area contributed by atoms with Crippen LogP contribution in [0.2, 0.25) is 0 Å². The lowest BCUT2D eigenvalue weighted by atomic mass is 10.1.